The zero-order valence-electron chi connectivity index (χ0n) is 7.60. The summed E-state index contributed by atoms with van der Waals surface area (Å²) in [6.45, 7) is 2.41. The van der Waals surface area contributed by atoms with Gasteiger partial charge in [0.2, 0.25) is 0 Å². The highest BCUT2D eigenvalue weighted by atomic mass is 79.9. The third-order valence-electron chi connectivity index (χ3n) is 1.95. The van der Waals surface area contributed by atoms with Crippen LogP contribution in [-0.2, 0) is 6.54 Å². The minimum atomic E-state index is 0.439. The minimum absolute atomic E-state index is 0.439. The monoisotopic (exact) mass is 245 g/mol. The summed E-state index contributed by atoms with van der Waals surface area (Å²) in [4.78, 5) is 0. The van der Waals surface area contributed by atoms with E-state index < -0.39 is 0 Å². The van der Waals surface area contributed by atoms with Gasteiger partial charge in [0.25, 0.3) is 0 Å². The summed E-state index contributed by atoms with van der Waals surface area (Å²) in [5.74, 6) is 0.805. The van der Waals surface area contributed by atoms with Crippen molar-refractivity contribution in [1.29, 1.82) is 0 Å². The third kappa shape index (κ3) is 2.21. The van der Waals surface area contributed by atoms with Crippen molar-refractivity contribution in [2.75, 3.05) is 7.11 Å². The van der Waals surface area contributed by atoms with Crippen molar-refractivity contribution in [2.45, 2.75) is 13.5 Å². The maximum absolute atomic E-state index is 8.56. The molecule has 13 heavy (non-hydrogen) atoms. The number of methoxy groups -OCH3 is 1. The summed E-state index contributed by atoms with van der Waals surface area (Å²) in [6, 6.07) is 3.78. The molecule has 1 aromatic carbocycles. The first-order valence-electron chi connectivity index (χ1n) is 3.89. The molecule has 0 unspecified atom stereocenters. The van der Waals surface area contributed by atoms with Crippen LogP contribution in [0.3, 0.4) is 0 Å². The summed E-state index contributed by atoms with van der Waals surface area (Å²) in [5.41, 5.74) is 4.24. The van der Waals surface area contributed by atoms with Gasteiger partial charge in [-0.15, -0.1) is 0 Å². The van der Waals surface area contributed by atoms with Crippen LogP contribution in [0.25, 0.3) is 0 Å². The second kappa shape index (κ2) is 4.60. The lowest BCUT2D eigenvalue weighted by Crippen LogP contribution is -2.07. The first kappa shape index (κ1) is 10.5. The highest BCUT2D eigenvalue weighted by Crippen LogP contribution is 2.30. The van der Waals surface area contributed by atoms with Gasteiger partial charge in [-0.2, -0.15) is 0 Å². The van der Waals surface area contributed by atoms with Gasteiger partial charge in [-0.1, -0.05) is 6.07 Å². The Morgan fingerprint density at radius 3 is 2.77 bits per heavy atom. The van der Waals surface area contributed by atoms with E-state index in [2.05, 4.69) is 21.4 Å². The molecule has 0 fully saturated rings. The second-order valence-corrected chi connectivity index (χ2v) is 3.49. The van der Waals surface area contributed by atoms with Crippen LogP contribution in [0.4, 0.5) is 0 Å². The summed E-state index contributed by atoms with van der Waals surface area (Å²) in [7, 11) is 1.63. The van der Waals surface area contributed by atoms with Gasteiger partial charge in [-0.25, -0.2) is 5.48 Å². The van der Waals surface area contributed by atoms with Gasteiger partial charge in [0.05, 0.1) is 11.6 Å². The fourth-order valence-corrected chi connectivity index (χ4v) is 1.68. The third-order valence-corrected chi connectivity index (χ3v) is 2.94. The molecule has 2 N–H and O–H groups in total. The van der Waals surface area contributed by atoms with E-state index in [1.54, 1.807) is 7.11 Å². The molecule has 0 amide bonds. The summed E-state index contributed by atoms with van der Waals surface area (Å²) < 4.78 is 6.06. The van der Waals surface area contributed by atoms with Crippen LogP contribution in [0.15, 0.2) is 16.6 Å². The van der Waals surface area contributed by atoms with Gasteiger partial charge >= 0.3 is 0 Å². The summed E-state index contributed by atoms with van der Waals surface area (Å²) in [5, 5.41) is 8.56. The van der Waals surface area contributed by atoms with Crippen LogP contribution in [0.1, 0.15) is 11.1 Å². The fraction of sp³-hybridized carbons (Fsp3) is 0.333. The lowest BCUT2D eigenvalue weighted by molar-refractivity contribution is 0.161. The van der Waals surface area contributed by atoms with Crippen molar-refractivity contribution >= 4 is 15.9 Å². The van der Waals surface area contributed by atoms with Crippen molar-refractivity contribution in [1.82, 2.24) is 5.48 Å². The molecular weight excluding hydrogens is 234 g/mol. The Hall–Kier alpha value is -0.580. The molecule has 1 aromatic rings. The Kier molecular flexibility index (Phi) is 3.71. The van der Waals surface area contributed by atoms with Crippen LogP contribution >= 0.6 is 15.9 Å². The Morgan fingerprint density at radius 1 is 1.54 bits per heavy atom. The first-order valence-corrected chi connectivity index (χ1v) is 4.69. The van der Waals surface area contributed by atoms with Crippen LogP contribution in [0, 0.1) is 6.92 Å². The van der Waals surface area contributed by atoms with Crippen molar-refractivity contribution in [3.05, 3.63) is 27.7 Å². The van der Waals surface area contributed by atoms with Crippen LogP contribution < -0.4 is 10.2 Å². The van der Waals surface area contributed by atoms with E-state index in [0.29, 0.717) is 6.54 Å². The molecule has 4 heteroatoms. The molecule has 72 valence electrons. The number of halogens is 1. The number of benzene rings is 1. The van der Waals surface area contributed by atoms with Crippen molar-refractivity contribution in [3.63, 3.8) is 0 Å². The SMILES string of the molecule is COc1ccc(CNO)c(C)c1Br. The lowest BCUT2D eigenvalue weighted by Gasteiger charge is -2.10. The Balaban J connectivity index is 3.07. The number of hydrogen-bond acceptors (Lipinski definition) is 3. The zero-order chi connectivity index (χ0) is 9.84. The van der Waals surface area contributed by atoms with E-state index in [4.69, 9.17) is 9.94 Å². The Labute approximate surface area is 85.8 Å². The van der Waals surface area contributed by atoms with Crippen LogP contribution in [-0.4, -0.2) is 12.3 Å². The topological polar surface area (TPSA) is 41.5 Å². The van der Waals surface area contributed by atoms with E-state index in [0.717, 1.165) is 21.3 Å². The van der Waals surface area contributed by atoms with Gasteiger partial charge in [0.15, 0.2) is 0 Å². The van der Waals surface area contributed by atoms with Crippen LogP contribution in [0.5, 0.6) is 5.75 Å². The van der Waals surface area contributed by atoms with E-state index >= 15 is 0 Å². The van der Waals surface area contributed by atoms with E-state index in [1.807, 2.05) is 19.1 Å². The molecule has 0 atom stereocenters. The Bertz CT molecular complexity index is 302. The standard InChI is InChI=1S/C9H12BrNO2/c1-6-7(5-11-12)3-4-8(13-2)9(6)10/h3-4,11-12H,5H2,1-2H3. The maximum atomic E-state index is 8.56. The van der Waals surface area contributed by atoms with Crippen molar-refractivity contribution in [2.24, 2.45) is 0 Å². The second-order valence-electron chi connectivity index (χ2n) is 2.70. The van der Waals surface area contributed by atoms with Gasteiger partial charge in [-0.05, 0) is 40.0 Å². The molecule has 0 spiro atoms. The largest absolute Gasteiger partial charge is 0.496 e. The van der Waals surface area contributed by atoms with Gasteiger partial charge < -0.3 is 9.94 Å². The van der Waals surface area contributed by atoms with Gasteiger partial charge in [0, 0.05) is 6.54 Å². The lowest BCUT2D eigenvalue weighted by atomic mass is 10.1. The first-order chi connectivity index (χ1) is 6.20. The quantitative estimate of drug-likeness (QED) is 0.803. The van der Waals surface area contributed by atoms with Crippen molar-refractivity contribution < 1.29 is 9.94 Å². The highest BCUT2D eigenvalue weighted by molar-refractivity contribution is 9.10. The minimum Gasteiger partial charge on any atom is -0.496 e. The van der Waals surface area contributed by atoms with E-state index in [1.165, 1.54) is 0 Å². The van der Waals surface area contributed by atoms with Crippen LogP contribution in [0.2, 0.25) is 0 Å². The summed E-state index contributed by atoms with van der Waals surface area (Å²) >= 11 is 3.43. The molecule has 0 radical (unpaired) electrons. The number of hydroxylamine groups is 1. The molecule has 0 aliphatic rings. The predicted molar refractivity (Wildman–Crippen MR) is 54.1 cm³/mol. The molecule has 0 saturated carbocycles. The Morgan fingerprint density at radius 2 is 2.23 bits per heavy atom. The highest BCUT2D eigenvalue weighted by Gasteiger charge is 2.06. The molecule has 0 saturated heterocycles. The maximum Gasteiger partial charge on any atom is 0.133 e. The van der Waals surface area contributed by atoms with E-state index in [9.17, 15) is 0 Å². The average molecular weight is 246 g/mol. The molecular formula is C9H12BrNO2. The molecule has 0 bridgehead atoms. The number of ether oxygens (including phenoxy) is 1. The molecule has 0 aliphatic heterocycles. The predicted octanol–water partition coefficient (Wildman–Crippen LogP) is 2.24. The van der Waals surface area contributed by atoms with Gasteiger partial charge in [-0.3, -0.25) is 0 Å². The molecule has 1 rings (SSSR count). The zero-order valence-corrected chi connectivity index (χ0v) is 9.18. The van der Waals surface area contributed by atoms with Crippen molar-refractivity contribution in [3.8, 4) is 5.75 Å². The van der Waals surface area contributed by atoms with Gasteiger partial charge in [0.1, 0.15) is 5.75 Å². The summed E-state index contributed by atoms with van der Waals surface area (Å²) in [6.07, 6.45) is 0. The molecule has 0 aromatic heterocycles. The fourth-order valence-electron chi connectivity index (χ4n) is 1.13. The number of hydrogen-bond donors (Lipinski definition) is 2. The molecule has 0 aliphatic carbocycles. The molecule has 3 nitrogen and oxygen atoms in total. The average Bonchev–Trinajstić information content (AvgIpc) is 2.14. The van der Waals surface area contributed by atoms with E-state index in [-0.39, 0.29) is 0 Å². The number of nitrogens with one attached hydrogen (secondary N) is 1. The number of rotatable bonds is 3. The smallest absolute Gasteiger partial charge is 0.133 e. The molecule has 0 heterocycles. The normalized spacial score (nSPS) is 10.2.